The molecule has 0 rings (SSSR count). The zero-order valence-corrected chi connectivity index (χ0v) is 7.01. The molecule has 0 heterocycles. The van der Waals surface area contributed by atoms with Gasteiger partial charge in [0, 0.05) is 13.1 Å². The molecule has 0 amide bonds. The molecule has 60 valence electrons. The van der Waals surface area contributed by atoms with Crippen LogP contribution in [0.5, 0.6) is 0 Å². The van der Waals surface area contributed by atoms with Gasteiger partial charge >= 0.3 is 0 Å². The van der Waals surface area contributed by atoms with E-state index in [2.05, 4.69) is 37.6 Å². The average molecular weight is 142 g/mol. The van der Waals surface area contributed by atoms with Gasteiger partial charge in [-0.2, -0.15) is 0 Å². The van der Waals surface area contributed by atoms with Crippen LogP contribution in [0.2, 0.25) is 0 Å². The number of rotatable bonds is 3. The Morgan fingerprint density at radius 3 is 1.60 bits per heavy atom. The summed E-state index contributed by atoms with van der Waals surface area (Å²) in [6.45, 7) is 13.1. The van der Waals surface area contributed by atoms with E-state index in [-0.39, 0.29) is 0 Å². The normalized spacial score (nSPS) is 7.00. The quantitative estimate of drug-likeness (QED) is 0.648. The molecule has 0 aliphatic carbocycles. The summed E-state index contributed by atoms with van der Waals surface area (Å²) in [5.41, 5.74) is 4.61. The summed E-state index contributed by atoms with van der Waals surface area (Å²) in [5, 5.41) is 0. The topological polar surface area (TPSA) is 29.3 Å². The van der Waals surface area contributed by atoms with Crippen molar-refractivity contribution in [2.45, 2.75) is 13.8 Å². The zero-order chi connectivity index (χ0) is 8.41. The monoisotopic (exact) mass is 142 g/mol. The van der Waals surface area contributed by atoms with E-state index in [0.717, 1.165) is 13.1 Å². The molecule has 2 nitrogen and oxygen atoms in total. The van der Waals surface area contributed by atoms with Crippen molar-refractivity contribution < 1.29 is 0 Å². The van der Waals surface area contributed by atoms with Gasteiger partial charge < -0.3 is 10.6 Å². The van der Waals surface area contributed by atoms with Gasteiger partial charge in [-0.25, -0.2) is 0 Å². The molecule has 0 saturated heterocycles. The third-order valence-corrected chi connectivity index (χ3v) is 1.07. The van der Waals surface area contributed by atoms with Gasteiger partial charge in [0.05, 0.1) is 0 Å². The second kappa shape index (κ2) is 11.0. The molecule has 0 aromatic rings. The van der Waals surface area contributed by atoms with E-state index in [1.165, 1.54) is 6.20 Å². The second-order valence-electron chi connectivity index (χ2n) is 1.64. The Labute approximate surface area is 64.0 Å². The number of hydrogen-bond donors (Lipinski definition) is 1. The van der Waals surface area contributed by atoms with Crippen LogP contribution >= 0.6 is 0 Å². The SMILES string of the molecule is C=CN.C=CN(CC)CC. The largest absolute Gasteiger partial charge is 0.405 e. The smallest absolute Gasteiger partial charge is 0.0143 e. The molecule has 0 spiro atoms. The number of nitrogens with zero attached hydrogens (tertiary/aromatic N) is 1. The van der Waals surface area contributed by atoms with Crippen molar-refractivity contribution in [2.24, 2.45) is 5.73 Å². The minimum Gasteiger partial charge on any atom is -0.405 e. The third-order valence-electron chi connectivity index (χ3n) is 1.07. The maximum atomic E-state index is 4.61. The van der Waals surface area contributed by atoms with Crippen molar-refractivity contribution in [3.05, 3.63) is 25.6 Å². The highest BCUT2D eigenvalue weighted by atomic mass is 15.1. The molecular formula is C8H18N2. The predicted octanol–water partition coefficient (Wildman–Crippen LogP) is 1.56. The minimum absolute atomic E-state index is 1.07. The highest BCUT2D eigenvalue weighted by Gasteiger charge is 1.83. The summed E-state index contributed by atoms with van der Waals surface area (Å²) < 4.78 is 0. The summed E-state index contributed by atoms with van der Waals surface area (Å²) >= 11 is 0. The van der Waals surface area contributed by atoms with Gasteiger partial charge in [0.2, 0.25) is 0 Å². The summed E-state index contributed by atoms with van der Waals surface area (Å²) in [4.78, 5) is 2.14. The van der Waals surface area contributed by atoms with E-state index in [4.69, 9.17) is 0 Å². The van der Waals surface area contributed by atoms with Crippen LogP contribution in [0, 0.1) is 0 Å². The summed E-state index contributed by atoms with van der Waals surface area (Å²) in [6, 6.07) is 0. The van der Waals surface area contributed by atoms with E-state index in [0.29, 0.717) is 0 Å². The van der Waals surface area contributed by atoms with Gasteiger partial charge in [-0.05, 0) is 26.2 Å². The van der Waals surface area contributed by atoms with Crippen molar-refractivity contribution >= 4 is 0 Å². The van der Waals surface area contributed by atoms with Crippen molar-refractivity contribution in [1.29, 1.82) is 0 Å². The molecule has 2 heteroatoms. The van der Waals surface area contributed by atoms with Gasteiger partial charge in [-0.1, -0.05) is 13.2 Å². The van der Waals surface area contributed by atoms with E-state index in [9.17, 15) is 0 Å². The predicted molar refractivity (Wildman–Crippen MR) is 47.5 cm³/mol. The fourth-order valence-corrected chi connectivity index (χ4v) is 0.482. The average Bonchev–Trinajstić information content (AvgIpc) is 1.93. The first kappa shape index (κ1) is 11.8. The number of nitrogens with two attached hydrogens (primary N) is 1. The Hall–Kier alpha value is -0.920. The van der Waals surface area contributed by atoms with Gasteiger partial charge in [-0.15, -0.1) is 0 Å². The molecular weight excluding hydrogens is 124 g/mol. The van der Waals surface area contributed by atoms with Crippen molar-refractivity contribution in [3.8, 4) is 0 Å². The fraction of sp³-hybridized carbons (Fsp3) is 0.500. The molecule has 0 saturated carbocycles. The molecule has 0 bridgehead atoms. The van der Waals surface area contributed by atoms with Crippen LogP contribution < -0.4 is 5.73 Å². The molecule has 0 unspecified atom stereocenters. The first-order valence-electron chi connectivity index (χ1n) is 3.45. The van der Waals surface area contributed by atoms with Gasteiger partial charge in [0.1, 0.15) is 0 Å². The van der Waals surface area contributed by atoms with Gasteiger partial charge in [-0.3, -0.25) is 0 Å². The fourth-order valence-electron chi connectivity index (χ4n) is 0.482. The molecule has 0 atom stereocenters. The minimum atomic E-state index is 1.07. The lowest BCUT2D eigenvalue weighted by molar-refractivity contribution is 0.420. The van der Waals surface area contributed by atoms with Crippen LogP contribution in [0.25, 0.3) is 0 Å². The van der Waals surface area contributed by atoms with Crippen LogP contribution in [-0.4, -0.2) is 18.0 Å². The molecule has 10 heavy (non-hydrogen) atoms. The highest BCUT2D eigenvalue weighted by molar-refractivity contribution is 4.66. The first-order valence-corrected chi connectivity index (χ1v) is 3.45. The van der Waals surface area contributed by atoms with Crippen LogP contribution in [0.15, 0.2) is 25.6 Å². The molecule has 2 N–H and O–H groups in total. The molecule has 0 fully saturated rings. The van der Waals surface area contributed by atoms with Crippen LogP contribution in [0.1, 0.15) is 13.8 Å². The Balaban J connectivity index is 0. The standard InChI is InChI=1S/C6H13N.C2H5N/c1-4-7(5-2)6-3;1-2-3/h4H,1,5-6H2,2-3H3;2H,1,3H2. The van der Waals surface area contributed by atoms with Crippen molar-refractivity contribution in [1.82, 2.24) is 4.90 Å². The highest BCUT2D eigenvalue weighted by Crippen LogP contribution is 1.82. The Morgan fingerprint density at radius 2 is 1.60 bits per heavy atom. The lowest BCUT2D eigenvalue weighted by Gasteiger charge is -2.12. The maximum absolute atomic E-state index is 4.61. The van der Waals surface area contributed by atoms with Crippen LogP contribution in [0.4, 0.5) is 0 Å². The molecule has 0 aromatic carbocycles. The maximum Gasteiger partial charge on any atom is 0.0143 e. The first-order chi connectivity index (χ1) is 4.76. The lowest BCUT2D eigenvalue weighted by atomic mass is 10.5. The van der Waals surface area contributed by atoms with E-state index in [1.54, 1.807) is 0 Å². The van der Waals surface area contributed by atoms with Crippen LogP contribution in [0.3, 0.4) is 0 Å². The summed E-state index contributed by atoms with van der Waals surface area (Å²) in [5.74, 6) is 0. The molecule has 0 aromatic heterocycles. The van der Waals surface area contributed by atoms with E-state index >= 15 is 0 Å². The Bertz CT molecular complexity index is 75.3. The van der Waals surface area contributed by atoms with Crippen molar-refractivity contribution in [3.63, 3.8) is 0 Å². The second-order valence-corrected chi connectivity index (χ2v) is 1.64. The molecule has 0 aliphatic heterocycles. The van der Waals surface area contributed by atoms with Gasteiger partial charge in [0.25, 0.3) is 0 Å². The zero-order valence-electron chi connectivity index (χ0n) is 7.01. The van der Waals surface area contributed by atoms with Crippen molar-refractivity contribution in [2.75, 3.05) is 13.1 Å². The number of hydrogen-bond acceptors (Lipinski definition) is 2. The summed E-state index contributed by atoms with van der Waals surface area (Å²) in [7, 11) is 0. The molecule has 0 aliphatic rings. The van der Waals surface area contributed by atoms with E-state index < -0.39 is 0 Å². The lowest BCUT2D eigenvalue weighted by Crippen LogP contribution is -2.14. The molecule has 0 radical (unpaired) electrons. The third kappa shape index (κ3) is 10.1. The Morgan fingerprint density at radius 1 is 1.30 bits per heavy atom. The summed E-state index contributed by atoms with van der Waals surface area (Å²) in [6.07, 6.45) is 3.11. The van der Waals surface area contributed by atoms with Crippen LogP contribution in [-0.2, 0) is 0 Å². The van der Waals surface area contributed by atoms with Gasteiger partial charge in [0.15, 0.2) is 0 Å². The van der Waals surface area contributed by atoms with E-state index in [1.807, 2.05) is 6.20 Å². The Kier molecular flexibility index (Phi) is 13.0.